The van der Waals surface area contributed by atoms with Crippen molar-refractivity contribution in [3.05, 3.63) is 365 Å². The molecule has 0 unspecified atom stereocenters. The molecule has 10 aromatic heterocycles. The molecule has 10 heterocycles. The van der Waals surface area contributed by atoms with Crippen LogP contribution in [0.3, 0.4) is 0 Å². The van der Waals surface area contributed by atoms with E-state index in [1.54, 1.807) is 24.8 Å². The lowest BCUT2D eigenvalue weighted by Crippen LogP contribution is -1.84. The lowest BCUT2D eigenvalue weighted by atomic mass is 9.95. The fourth-order valence-corrected chi connectivity index (χ4v) is 17.8. The summed E-state index contributed by atoms with van der Waals surface area (Å²) >= 11 is 1.85. The normalized spacial score (nSPS) is 11.9. The Balaban J connectivity index is 0.000000135. The third-order valence-electron chi connectivity index (χ3n) is 22.5. The molecular formula is C104H60N4O5S. The number of rotatable bonds is 10. The fourth-order valence-electron chi connectivity index (χ4n) is 16.7. The zero-order valence-electron chi connectivity index (χ0n) is 60.9. The summed E-state index contributed by atoms with van der Waals surface area (Å²) in [5.41, 5.74) is 31.8. The molecule has 0 aliphatic carbocycles. The van der Waals surface area contributed by atoms with Gasteiger partial charge in [0.05, 0.1) is 0 Å². The lowest BCUT2D eigenvalue weighted by Gasteiger charge is -2.09. The summed E-state index contributed by atoms with van der Waals surface area (Å²) in [6.07, 6.45) is 14.6. The second kappa shape index (κ2) is 26.3. The highest BCUT2D eigenvalue weighted by Gasteiger charge is 2.19. The first-order chi connectivity index (χ1) is 56.4. The standard InChI is InChI=1S/C52H30N2O3.C52H30N2O2S/c1-4-31(32-5-2-7-34(23-32)39-12-16-49-43(27-39)45-29-53-20-18-51(45)56-49)22-33(6-1)37-10-14-47-41(25-37)42-26-38(11-15-48(42)55-47)35-8-3-9-36(24-35)40-13-17-50-44(28-40)46-30-54-21-19-52(46)57-50;1-4-31(22-33(6-1)37-10-14-47-41(25-37)45-29-53-20-18-49(45)55-47)32-5-2-8-35(23-32)39-12-16-51-43(27-39)44-28-40(13-17-52(44)57-51)36-9-3-7-34(24-36)38-11-15-48-42(26-38)46-30-54-21-19-50(46)56-48/h2*1-30H. The molecule has 0 atom stereocenters. The molecule has 0 aliphatic heterocycles. The Morgan fingerprint density at radius 2 is 0.316 bits per heavy atom. The van der Waals surface area contributed by atoms with Gasteiger partial charge in [-0.05, 0) is 269 Å². The van der Waals surface area contributed by atoms with Crippen LogP contribution in [0.25, 0.3) is 241 Å². The predicted octanol–water partition coefficient (Wildman–Crippen LogP) is 29.5. The third-order valence-corrected chi connectivity index (χ3v) is 23.7. The van der Waals surface area contributed by atoms with Crippen LogP contribution >= 0.6 is 11.3 Å². The minimum Gasteiger partial charge on any atom is -0.456 e. The van der Waals surface area contributed by atoms with Crippen molar-refractivity contribution in [1.82, 2.24) is 19.9 Å². The molecule has 24 rings (SSSR count). The number of pyridine rings is 4. The van der Waals surface area contributed by atoms with Crippen molar-refractivity contribution >= 4 is 141 Å². The number of nitrogens with zero attached hydrogens (tertiary/aromatic N) is 4. The highest BCUT2D eigenvalue weighted by molar-refractivity contribution is 7.25. The van der Waals surface area contributed by atoms with Crippen LogP contribution in [0.15, 0.2) is 387 Å². The number of fused-ring (bicyclic) bond motifs is 18. The van der Waals surface area contributed by atoms with Crippen molar-refractivity contribution in [2.45, 2.75) is 0 Å². The molecule has 532 valence electrons. The fraction of sp³-hybridized carbons (Fsp3) is 0. The average molecular weight is 1480 g/mol. The van der Waals surface area contributed by atoms with Crippen LogP contribution in [0, 0.1) is 0 Å². The topological polar surface area (TPSA) is 117 Å². The van der Waals surface area contributed by atoms with E-state index >= 15 is 0 Å². The van der Waals surface area contributed by atoms with Crippen molar-refractivity contribution in [1.29, 1.82) is 0 Å². The van der Waals surface area contributed by atoms with Gasteiger partial charge in [0.2, 0.25) is 0 Å². The van der Waals surface area contributed by atoms with Crippen LogP contribution in [0.5, 0.6) is 0 Å². The van der Waals surface area contributed by atoms with Gasteiger partial charge in [0.1, 0.15) is 55.8 Å². The van der Waals surface area contributed by atoms with Gasteiger partial charge in [0.25, 0.3) is 0 Å². The van der Waals surface area contributed by atoms with E-state index in [-0.39, 0.29) is 0 Å². The lowest BCUT2D eigenvalue weighted by molar-refractivity contribution is 0.668. The van der Waals surface area contributed by atoms with Gasteiger partial charge in [-0.3, -0.25) is 19.9 Å². The summed E-state index contributed by atoms with van der Waals surface area (Å²) in [5.74, 6) is 0. The van der Waals surface area contributed by atoms with Crippen LogP contribution in [-0.4, -0.2) is 19.9 Å². The molecule has 0 saturated heterocycles. The number of thiophene rings is 1. The largest absolute Gasteiger partial charge is 0.456 e. The van der Waals surface area contributed by atoms with Gasteiger partial charge < -0.3 is 22.1 Å². The molecule has 114 heavy (non-hydrogen) atoms. The molecular weight excluding hydrogens is 1420 g/mol. The maximum absolute atomic E-state index is 6.37. The van der Waals surface area contributed by atoms with Crippen LogP contribution < -0.4 is 0 Å². The number of hydrogen-bond acceptors (Lipinski definition) is 10. The van der Waals surface area contributed by atoms with Crippen molar-refractivity contribution in [3.8, 4) is 111 Å². The van der Waals surface area contributed by atoms with E-state index in [1.807, 2.05) is 66.5 Å². The maximum atomic E-state index is 6.37. The molecule has 10 heteroatoms. The van der Waals surface area contributed by atoms with E-state index in [2.05, 4.69) is 305 Å². The first kappa shape index (κ1) is 64.8. The van der Waals surface area contributed by atoms with Gasteiger partial charge in [-0.1, -0.05) is 158 Å². The third kappa shape index (κ3) is 11.3. The summed E-state index contributed by atoms with van der Waals surface area (Å²) in [5, 5.41) is 13.2. The van der Waals surface area contributed by atoms with E-state index < -0.39 is 0 Å². The second-order valence-corrected chi connectivity index (χ2v) is 30.4. The first-order valence-corrected chi connectivity index (χ1v) is 38.8. The number of aromatic nitrogens is 4. The summed E-state index contributed by atoms with van der Waals surface area (Å²) in [7, 11) is 0. The molecule has 24 aromatic rings. The maximum Gasteiger partial charge on any atom is 0.138 e. The van der Waals surface area contributed by atoms with E-state index in [4.69, 9.17) is 22.1 Å². The van der Waals surface area contributed by atoms with Crippen molar-refractivity contribution in [2.75, 3.05) is 0 Å². The Labute approximate surface area is 655 Å². The Kier molecular flexibility index (Phi) is 15.0. The summed E-state index contributed by atoms with van der Waals surface area (Å²) in [6.45, 7) is 0. The molecule has 0 aliphatic rings. The predicted molar refractivity (Wildman–Crippen MR) is 468 cm³/mol. The van der Waals surface area contributed by atoms with Crippen molar-refractivity contribution < 1.29 is 22.1 Å². The molecule has 0 radical (unpaired) electrons. The average Bonchev–Trinajstić information content (AvgIpc) is 1.61. The van der Waals surface area contributed by atoms with Crippen LogP contribution in [-0.2, 0) is 0 Å². The van der Waals surface area contributed by atoms with E-state index in [1.165, 1.54) is 59.1 Å². The monoisotopic (exact) mass is 1480 g/mol. The van der Waals surface area contributed by atoms with Gasteiger partial charge >= 0.3 is 0 Å². The molecule has 0 spiro atoms. The summed E-state index contributed by atoms with van der Waals surface area (Å²) in [6, 6.07) is 113. The number of hydrogen-bond donors (Lipinski definition) is 0. The van der Waals surface area contributed by atoms with E-state index in [0.29, 0.717) is 0 Å². The minimum absolute atomic E-state index is 0.848. The molecule has 9 nitrogen and oxygen atoms in total. The Bertz CT molecular complexity index is 7580. The van der Waals surface area contributed by atoms with Crippen LogP contribution in [0.4, 0.5) is 0 Å². The summed E-state index contributed by atoms with van der Waals surface area (Å²) in [4.78, 5) is 17.3. The van der Waals surface area contributed by atoms with Gasteiger partial charge in [0, 0.05) is 124 Å². The quantitative estimate of drug-likeness (QED) is 0.132. The van der Waals surface area contributed by atoms with Gasteiger partial charge in [-0.15, -0.1) is 11.3 Å². The Morgan fingerprint density at radius 3 is 0.526 bits per heavy atom. The zero-order valence-corrected chi connectivity index (χ0v) is 61.7. The molecule has 0 amide bonds. The SMILES string of the molecule is c1cc(-c2cccc(-c3ccc4oc5ccc(-c6cccc(-c7ccc8oc9ccncc9c8c7)c6)cc5c4c3)c2)cc(-c2ccc3oc4ccncc4c3c2)c1.c1cc(-c2cccc(-c3ccc4sc5ccc(-c6cccc(-c7ccc8oc9ccncc9c8c7)c6)cc5c4c3)c2)cc(-c2ccc3oc4ccncc4c3c2)c1. The smallest absolute Gasteiger partial charge is 0.138 e. The Hall–Kier alpha value is -15.1. The molecule has 0 saturated carbocycles. The van der Waals surface area contributed by atoms with Crippen LogP contribution in [0.2, 0.25) is 0 Å². The van der Waals surface area contributed by atoms with E-state index in [0.717, 1.165) is 182 Å². The van der Waals surface area contributed by atoms with Gasteiger partial charge in [0.15, 0.2) is 0 Å². The first-order valence-electron chi connectivity index (χ1n) is 38.0. The highest BCUT2D eigenvalue weighted by Crippen LogP contribution is 2.44. The summed E-state index contributed by atoms with van der Waals surface area (Å²) < 4.78 is 33.2. The minimum atomic E-state index is 0.848. The number of furan rings is 5. The highest BCUT2D eigenvalue weighted by atomic mass is 32.1. The van der Waals surface area contributed by atoms with Crippen molar-refractivity contribution in [3.63, 3.8) is 0 Å². The second-order valence-electron chi connectivity index (χ2n) is 29.3. The van der Waals surface area contributed by atoms with E-state index in [9.17, 15) is 0 Å². The zero-order chi connectivity index (χ0) is 74.9. The number of benzene rings is 14. The molecule has 0 fully saturated rings. The van der Waals surface area contributed by atoms with Crippen molar-refractivity contribution in [2.24, 2.45) is 0 Å². The molecule has 0 bridgehead atoms. The van der Waals surface area contributed by atoms with Gasteiger partial charge in [-0.25, -0.2) is 0 Å². The van der Waals surface area contributed by atoms with Crippen LogP contribution in [0.1, 0.15) is 0 Å². The van der Waals surface area contributed by atoms with Gasteiger partial charge in [-0.2, -0.15) is 0 Å². The Morgan fingerprint density at radius 1 is 0.149 bits per heavy atom. The molecule has 0 N–H and O–H groups in total. The molecule has 14 aromatic carbocycles.